The molecule has 2 aromatic carbocycles. The second kappa shape index (κ2) is 7.23. The topological polar surface area (TPSA) is 64.4 Å². The normalized spacial score (nSPS) is 15.7. The molecule has 26 heavy (non-hydrogen) atoms. The van der Waals surface area contributed by atoms with Crippen LogP contribution in [0.25, 0.3) is 0 Å². The molecule has 0 spiro atoms. The number of sulfonamides is 1. The zero-order chi connectivity index (χ0) is 18.9. The van der Waals surface area contributed by atoms with Crippen LogP contribution < -0.4 is 4.90 Å². The SMILES string of the molecule is Cc1ccc(Cl)cc1S(=O)(=O)N1CCN(c2cccc(F)c2C#N)CC1. The van der Waals surface area contributed by atoms with Gasteiger partial charge in [-0.2, -0.15) is 9.57 Å². The van der Waals surface area contributed by atoms with Gasteiger partial charge in [-0.05, 0) is 36.8 Å². The Bertz CT molecular complexity index is 980. The minimum atomic E-state index is -3.66. The predicted octanol–water partition coefficient (Wildman–Crippen LogP) is 3.17. The van der Waals surface area contributed by atoms with Crippen LogP contribution in [0.5, 0.6) is 0 Å². The molecule has 0 radical (unpaired) electrons. The molecule has 0 aromatic heterocycles. The summed E-state index contributed by atoms with van der Waals surface area (Å²) >= 11 is 5.96. The van der Waals surface area contributed by atoms with Crippen molar-refractivity contribution in [1.29, 1.82) is 5.26 Å². The van der Waals surface area contributed by atoms with E-state index in [-0.39, 0.29) is 23.5 Å². The average Bonchev–Trinajstić information content (AvgIpc) is 2.63. The maximum atomic E-state index is 13.8. The lowest BCUT2D eigenvalue weighted by atomic mass is 10.1. The number of anilines is 1. The fourth-order valence-corrected chi connectivity index (χ4v) is 4.96. The molecule has 1 aliphatic heterocycles. The molecule has 0 aliphatic carbocycles. The molecule has 1 saturated heterocycles. The fourth-order valence-electron chi connectivity index (χ4n) is 3.05. The zero-order valence-corrected chi connectivity index (χ0v) is 15.7. The predicted molar refractivity (Wildman–Crippen MR) is 98.3 cm³/mol. The summed E-state index contributed by atoms with van der Waals surface area (Å²) in [5.41, 5.74) is 1.10. The van der Waals surface area contributed by atoms with Crippen molar-refractivity contribution in [1.82, 2.24) is 4.31 Å². The third-order valence-electron chi connectivity index (χ3n) is 4.45. The number of hydrogen-bond donors (Lipinski definition) is 0. The van der Waals surface area contributed by atoms with Crippen molar-refractivity contribution in [3.63, 3.8) is 0 Å². The minimum Gasteiger partial charge on any atom is -0.368 e. The molecule has 1 fully saturated rings. The van der Waals surface area contributed by atoms with Crippen molar-refractivity contribution in [3.8, 4) is 6.07 Å². The average molecular weight is 394 g/mol. The molecule has 0 atom stereocenters. The van der Waals surface area contributed by atoms with Gasteiger partial charge in [0.15, 0.2) is 0 Å². The summed E-state index contributed by atoms with van der Waals surface area (Å²) in [5, 5.41) is 9.55. The van der Waals surface area contributed by atoms with Crippen molar-refractivity contribution >= 4 is 27.3 Å². The third-order valence-corrected chi connectivity index (χ3v) is 6.73. The number of aryl methyl sites for hydroxylation is 1. The molecule has 0 unspecified atom stereocenters. The molecule has 5 nitrogen and oxygen atoms in total. The first-order valence-corrected chi connectivity index (χ1v) is 9.86. The summed E-state index contributed by atoms with van der Waals surface area (Å²) in [6.07, 6.45) is 0. The van der Waals surface area contributed by atoms with E-state index in [2.05, 4.69) is 0 Å². The second-order valence-electron chi connectivity index (χ2n) is 6.05. The minimum absolute atomic E-state index is 0.0190. The van der Waals surface area contributed by atoms with Gasteiger partial charge in [0.25, 0.3) is 0 Å². The Kier molecular flexibility index (Phi) is 5.19. The van der Waals surface area contributed by atoms with Crippen molar-refractivity contribution in [3.05, 3.63) is 58.4 Å². The van der Waals surface area contributed by atoms with Crippen molar-refractivity contribution in [2.75, 3.05) is 31.1 Å². The van der Waals surface area contributed by atoms with Crippen LogP contribution in [-0.2, 0) is 10.0 Å². The summed E-state index contributed by atoms with van der Waals surface area (Å²) in [6.45, 7) is 2.96. The molecule has 1 aliphatic rings. The van der Waals surface area contributed by atoms with Crippen molar-refractivity contribution in [2.24, 2.45) is 0 Å². The third kappa shape index (κ3) is 3.40. The van der Waals surface area contributed by atoms with E-state index >= 15 is 0 Å². The van der Waals surface area contributed by atoms with Gasteiger partial charge in [-0.25, -0.2) is 12.8 Å². The molecule has 0 saturated carbocycles. The van der Waals surface area contributed by atoms with Gasteiger partial charge in [0.1, 0.15) is 17.4 Å². The van der Waals surface area contributed by atoms with Crippen LogP contribution in [0.3, 0.4) is 0 Å². The maximum absolute atomic E-state index is 13.8. The monoisotopic (exact) mass is 393 g/mol. The Morgan fingerprint density at radius 3 is 2.50 bits per heavy atom. The molecule has 1 heterocycles. The molecule has 2 aromatic rings. The lowest BCUT2D eigenvalue weighted by Gasteiger charge is -2.36. The van der Waals surface area contributed by atoms with E-state index in [1.807, 2.05) is 11.0 Å². The summed E-state index contributed by atoms with van der Waals surface area (Å²) in [4.78, 5) is 2.03. The first kappa shape index (κ1) is 18.6. The highest BCUT2D eigenvalue weighted by molar-refractivity contribution is 7.89. The van der Waals surface area contributed by atoms with E-state index in [1.54, 1.807) is 31.2 Å². The van der Waals surface area contributed by atoms with E-state index in [4.69, 9.17) is 11.6 Å². The van der Waals surface area contributed by atoms with Gasteiger partial charge in [-0.15, -0.1) is 0 Å². The number of benzene rings is 2. The Hall–Kier alpha value is -2.14. The standard InChI is InChI=1S/C18H17ClFN3O2S/c1-13-5-6-14(19)11-18(13)26(24,25)23-9-7-22(8-10-23)17-4-2-3-16(20)15(17)12-21/h2-6,11H,7-10H2,1H3. The van der Waals surface area contributed by atoms with E-state index in [0.29, 0.717) is 29.4 Å². The second-order valence-corrected chi connectivity index (χ2v) is 8.39. The summed E-state index contributed by atoms with van der Waals surface area (Å²) < 4.78 is 41.0. The molecular weight excluding hydrogens is 377 g/mol. The summed E-state index contributed by atoms with van der Waals surface area (Å²) in [5.74, 6) is -0.574. The van der Waals surface area contributed by atoms with E-state index in [0.717, 1.165) is 0 Å². The van der Waals surface area contributed by atoms with Crippen molar-refractivity contribution < 1.29 is 12.8 Å². The van der Waals surface area contributed by atoms with Crippen LogP contribution in [0, 0.1) is 24.1 Å². The van der Waals surface area contributed by atoms with Crippen LogP contribution in [0.4, 0.5) is 10.1 Å². The first-order chi connectivity index (χ1) is 12.3. The Balaban J connectivity index is 1.82. The highest BCUT2D eigenvalue weighted by Crippen LogP contribution is 2.27. The number of nitriles is 1. The van der Waals surface area contributed by atoms with Crippen LogP contribution in [0.15, 0.2) is 41.3 Å². The highest BCUT2D eigenvalue weighted by Gasteiger charge is 2.30. The highest BCUT2D eigenvalue weighted by atomic mass is 35.5. The molecule has 136 valence electrons. The van der Waals surface area contributed by atoms with Crippen molar-refractivity contribution in [2.45, 2.75) is 11.8 Å². The quantitative estimate of drug-likeness (QED) is 0.803. The van der Waals surface area contributed by atoms with Gasteiger partial charge in [0.2, 0.25) is 10.0 Å². The Labute approximate surface area is 157 Å². The molecule has 0 bridgehead atoms. The zero-order valence-electron chi connectivity index (χ0n) is 14.1. The van der Waals surface area contributed by atoms with Crippen LogP contribution in [-0.4, -0.2) is 38.9 Å². The number of hydrogen-bond acceptors (Lipinski definition) is 4. The van der Waals surface area contributed by atoms with Gasteiger partial charge in [0.05, 0.1) is 10.6 Å². The number of rotatable bonds is 3. The lowest BCUT2D eigenvalue weighted by molar-refractivity contribution is 0.384. The van der Waals surface area contributed by atoms with Gasteiger partial charge in [-0.3, -0.25) is 0 Å². The lowest BCUT2D eigenvalue weighted by Crippen LogP contribution is -2.49. The van der Waals surface area contributed by atoms with E-state index in [9.17, 15) is 18.1 Å². The fraction of sp³-hybridized carbons (Fsp3) is 0.278. The first-order valence-electron chi connectivity index (χ1n) is 8.04. The summed E-state index contributed by atoms with van der Waals surface area (Å²) in [6, 6.07) is 11.1. The van der Waals surface area contributed by atoms with Gasteiger partial charge in [-0.1, -0.05) is 23.7 Å². The summed E-state index contributed by atoms with van der Waals surface area (Å²) in [7, 11) is -3.66. The van der Waals surface area contributed by atoms with E-state index in [1.165, 1.54) is 16.4 Å². The molecule has 0 N–H and O–H groups in total. The van der Waals surface area contributed by atoms with E-state index < -0.39 is 15.8 Å². The maximum Gasteiger partial charge on any atom is 0.243 e. The van der Waals surface area contributed by atoms with Crippen LogP contribution >= 0.6 is 11.6 Å². The number of piperazine rings is 1. The largest absolute Gasteiger partial charge is 0.368 e. The van der Waals surface area contributed by atoms with Crippen LogP contribution in [0.2, 0.25) is 5.02 Å². The van der Waals surface area contributed by atoms with Gasteiger partial charge >= 0.3 is 0 Å². The number of halogens is 2. The molecular formula is C18H17ClFN3O2S. The van der Waals surface area contributed by atoms with Crippen LogP contribution in [0.1, 0.15) is 11.1 Å². The molecule has 3 rings (SSSR count). The Morgan fingerprint density at radius 2 is 1.85 bits per heavy atom. The Morgan fingerprint density at radius 1 is 1.15 bits per heavy atom. The van der Waals surface area contributed by atoms with Gasteiger partial charge < -0.3 is 4.90 Å². The smallest absolute Gasteiger partial charge is 0.243 e. The molecule has 8 heteroatoms. The molecule has 0 amide bonds. The van der Waals surface area contributed by atoms with Gasteiger partial charge in [0, 0.05) is 31.2 Å². The number of nitrogens with zero attached hydrogens (tertiary/aromatic N) is 3.